The maximum absolute atomic E-state index is 13.2. The Hall–Kier alpha value is -1.57. The van der Waals surface area contributed by atoms with Gasteiger partial charge in [-0.3, -0.25) is 9.69 Å². The molecule has 7 heteroatoms. The van der Waals surface area contributed by atoms with Gasteiger partial charge in [0.1, 0.15) is 0 Å². The lowest BCUT2D eigenvalue weighted by Crippen LogP contribution is -2.50. The molecule has 1 amide bonds. The first-order valence-corrected chi connectivity index (χ1v) is 7.33. The van der Waals surface area contributed by atoms with Crippen molar-refractivity contribution in [2.24, 2.45) is 0 Å². The fourth-order valence-corrected chi connectivity index (χ4v) is 2.67. The molecule has 0 aliphatic carbocycles. The van der Waals surface area contributed by atoms with Crippen molar-refractivity contribution < 1.29 is 23.0 Å². The number of piperazine rings is 1. The number of ether oxygens (including phenoxy) is 2. The lowest BCUT2D eigenvalue weighted by Gasteiger charge is -2.35. The van der Waals surface area contributed by atoms with Crippen LogP contribution in [0.5, 0.6) is 0 Å². The van der Waals surface area contributed by atoms with E-state index in [1.807, 2.05) is 0 Å². The number of hydrogen-bond acceptors (Lipinski definition) is 4. The summed E-state index contributed by atoms with van der Waals surface area (Å²) in [4.78, 5) is 16.1. The van der Waals surface area contributed by atoms with Gasteiger partial charge >= 0.3 is 0 Å². The Morgan fingerprint density at radius 1 is 1.09 bits per heavy atom. The summed E-state index contributed by atoms with van der Waals surface area (Å²) in [5.74, 6) is -2.22. The molecule has 0 bridgehead atoms. The Kier molecular flexibility index (Phi) is 4.66. The van der Waals surface area contributed by atoms with Crippen LogP contribution in [0.1, 0.15) is 10.4 Å². The highest BCUT2D eigenvalue weighted by Crippen LogP contribution is 2.14. The number of carbonyl (C=O) groups is 1. The monoisotopic (exact) mass is 312 g/mol. The lowest BCUT2D eigenvalue weighted by atomic mass is 10.1. The molecular formula is C15H18F2N2O3. The summed E-state index contributed by atoms with van der Waals surface area (Å²) in [5, 5.41) is 0. The second-order valence-corrected chi connectivity index (χ2v) is 5.39. The maximum Gasteiger partial charge on any atom is 0.254 e. The van der Waals surface area contributed by atoms with Crippen molar-refractivity contribution in [2.45, 2.75) is 6.29 Å². The predicted molar refractivity (Wildman–Crippen MR) is 74.4 cm³/mol. The van der Waals surface area contributed by atoms with Crippen molar-refractivity contribution in [3.63, 3.8) is 0 Å². The number of rotatable bonds is 3. The Balaban J connectivity index is 1.53. The van der Waals surface area contributed by atoms with Gasteiger partial charge in [-0.2, -0.15) is 0 Å². The molecule has 2 aliphatic heterocycles. The molecule has 0 spiro atoms. The fraction of sp³-hybridized carbons (Fsp3) is 0.533. The van der Waals surface area contributed by atoms with Gasteiger partial charge in [0, 0.05) is 38.3 Å². The van der Waals surface area contributed by atoms with Crippen LogP contribution >= 0.6 is 0 Å². The van der Waals surface area contributed by atoms with E-state index in [-0.39, 0.29) is 17.8 Å². The van der Waals surface area contributed by atoms with Crippen molar-refractivity contribution in [1.82, 2.24) is 9.80 Å². The normalized spacial score (nSPS) is 20.5. The third kappa shape index (κ3) is 3.43. The Morgan fingerprint density at radius 3 is 2.41 bits per heavy atom. The summed E-state index contributed by atoms with van der Waals surface area (Å²) < 4.78 is 36.9. The fourth-order valence-electron chi connectivity index (χ4n) is 2.67. The molecule has 22 heavy (non-hydrogen) atoms. The SMILES string of the molecule is O=C(c1ccc(F)c(F)c1)N1CCN(CC2OCCO2)CC1. The molecule has 0 saturated carbocycles. The van der Waals surface area contributed by atoms with E-state index in [0.717, 1.165) is 12.1 Å². The van der Waals surface area contributed by atoms with E-state index in [9.17, 15) is 13.6 Å². The molecule has 2 aliphatic rings. The molecular weight excluding hydrogens is 294 g/mol. The minimum Gasteiger partial charge on any atom is -0.349 e. The number of benzene rings is 1. The van der Waals surface area contributed by atoms with Crippen LogP contribution < -0.4 is 0 Å². The molecule has 2 saturated heterocycles. The highest BCUT2D eigenvalue weighted by molar-refractivity contribution is 5.94. The number of carbonyl (C=O) groups excluding carboxylic acids is 1. The first-order valence-electron chi connectivity index (χ1n) is 7.33. The summed E-state index contributed by atoms with van der Waals surface area (Å²) in [6.45, 7) is 4.44. The highest BCUT2D eigenvalue weighted by Gasteiger charge is 2.26. The molecule has 0 radical (unpaired) electrons. The molecule has 2 fully saturated rings. The molecule has 120 valence electrons. The van der Waals surface area contributed by atoms with Crippen LogP contribution in [-0.4, -0.2) is 67.9 Å². The van der Waals surface area contributed by atoms with Crippen LogP contribution in [0.25, 0.3) is 0 Å². The summed E-state index contributed by atoms with van der Waals surface area (Å²) >= 11 is 0. The third-order valence-electron chi connectivity index (χ3n) is 3.92. The van der Waals surface area contributed by atoms with Crippen molar-refractivity contribution in [2.75, 3.05) is 45.9 Å². The van der Waals surface area contributed by atoms with E-state index in [1.54, 1.807) is 4.90 Å². The number of hydrogen-bond donors (Lipinski definition) is 0. The molecule has 0 unspecified atom stereocenters. The van der Waals surface area contributed by atoms with Crippen LogP contribution in [-0.2, 0) is 9.47 Å². The molecule has 0 atom stereocenters. The lowest BCUT2D eigenvalue weighted by molar-refractivity contribution is -0.0664. The first kappa shape index (κ1) is 15.3. The third-order valence-corrected chi connectivity index (χ3v) is 3.92. The summed E-state index contributed by atoms with van der Waals surface area (Å²) in [7, 11) is 0. The predicted octanol–water partition coefficient (Wildman–Crippen LogP) is 1.10. The smallest absolute Gasteiger partial charge is 0.254 e. The molecule has 3 rings (SSSR count). The van der Waals surface area contributed by atoms with Gasteiger partial charge < -0.3 is 14.4 Å². The van der Waals surface area contributed by atoms with Crippen LogP contribution in [0, 0.1) is 11.6 Å². The molecule has 1 aromatic rings. The van der Waals surface area contributed by atoms with E-state index in [4.69, 9.17) is 9.47 Å². The highest BCUT2D eigenvalue weighted by atomic mass is 19.2. The average Bonchev–Trinajstić information content (AvgIpc) is 3.03. The van der Waals surface area contributed by atoms with E-state index >= 15 is 0 Å². The van der Waals surface area contributed by atoms with Gasteiger partial charge in [0.15, 0.2) is 17.9 Å². The molecule has 5 nitrogen and oxygen atoms in total. The van der Waals surface area contributed by atoms with Gasteiger partial charge in [0.25, 0.3) is 5.91 Å². The van der Waals surface area contributed by atoms with Crippen LogP contribution in [0.15, 0.2) is 18.2 Å². The molecule has 1 aromatic carbocycles. The van der Waals surface area contributed by atoms with Crippen LogP contribution in [0.2, 0.25) is 0 Å². The van der Waals surface area contributed by atoms with E-state index in [2.05, 4.69) is 4.90 Å². The molecule has 0 N–H and O–H groups in total. The minimum absolute atomic E-state index is 0.176. The van der Waals surface area contributed by atoms with Crippen LogP contribution in [0.3, 0.4) is 0 Å². The second kappa shape index (κ2) is 6.68. The Bertz CT molecular complexity index is 542. The zero-order chi connectivity index (χ0) is 15.5. The number of halogens is 2. The van der Waals surface area contributed by atoms with Crippen molar-refractivity contribution in [3.8, 4) is 0 Å². The molecule has 0 aromatic heterocycles. The van der Waals surface area contributed by atoms with E-state index < -0.39 is 11.6 Å². The Morgan fingerprint density at radius 2 is 1.77 bits per heavy atom. The van der Waals surface area contributed by atoms with Gasteiger partial charge in [0.2, 0.25) is 0 Å². The van der Waals surface area contributed by atoms with Crippen molar-refractivity contribution in [1.29, 1.82) is 0 Å². The average molecular weight is 312 g/mol. The minimum atomic E-state index is -1.000. The zero-order valence-corrected chi connectivity index (χ0v) is 12.1. The van der Waals surface area contributed by atoms with Gasteiger partial charge in [0.05, 0.1) is 13.2 Å². The summed E-state index contributed by atoms with van der Waals surface area (Å²) in [6.07, 6.45) is -0.187. The first-order chi connectivity index (χ1) is 10.6. The van der Waals surface area contributed by atoms with E-state index in [1.165, 1.54) is 6.07 Å². The maximum atomic E-state index is 13.2. The number of nitrogens with zero attached hydrogens (tertiary/aromatic N) is 2. The van der Waals surface area contributed by atoms with Crippen LogP contribution in [0.4, 0.5) is 8.78 Å². The quantitative estimate of drug-likeness (QED) is 0.838. The van der Waals surface area contributed by atoms with Crippen molar-refractivity contribution >= 4 is 5.91 Å². The second-order valence-electron chi connectivity index (χ2n) is 5.39. The Labute approximate surface area is 127 Å². The standard InChI is InChI=1S/C15H18F2N2O3/c16-12-2-1-11(9-13(12)17)15(20)19-5-3-18(4-6-19)10-14-21-7-8-22-14/h1-2,9,14H,3-8,10H2. The van der Waals surface area contributed by atoms with Gasteiger partial charge in [-0.15, -0.1) is 0 Å². The van der Waals surface area contributed by atoms with Gasteiger partial charge in [-0.1, -0.05) is 0 Å². The number of amides is 1. The van der Waals surface area contributed by atoms with Crippen molar-refractivity contribution in [3.05, 3.63) is 35.4 Å². The largest absolute Gasteiger partial charge is 0.349 e. The zero-order valence-electron chi connectivity index (χ0n) is 12.1. The summed E-state index contributed by atoms with van der Waals surface area (Å²) in [6, 6.07) is 3.24. The summed E-state index contributed by atoms with van der Waals surface area (Å²) in [5.41, 5.74) is 0.176. The van der Waals surface area contributed by atoms with E-state index in [0.29, 0.717) is 45.9 Å². The van der Waals surface area contributed by atoms with Gasteiger partial charge in [-0.05, 0) is 18.2 Å². The van der Waals surface area contributed by atoms with Gasteiger partial charge in [-0.25, -0.2) is 8.78 Å². The topological polar surface area (TPSA) is 42.0 Å². The molecule has 2 heterocycles.